The predicted molar refractivity (Wildman–Crippen MR) is 77.9 cm³/mol. The summed E-state index contributed by atoms with van der Waals surface area (Å²) in [6.45, 7) is 1.94. The number of aryl methyl sites for hydroxylation is 1. The number of nitrogens with one attached hydrogen (secondary N) is 1. The first-order valence-corrected chi connectivity index (χ1v) is 6.60. The van der Waals surface area contributed by atoms with Crippen LogP contribution in [0.5, 0.6) is 5.75 Å². The molecular weight excluding hydrogens is 274 g/mol. The third-order valence-electron chi connectivity index (χ3n) is 3.42. The van der Waals surface area contributed by atoms with Gasteiger partial charge in [-0.25, -0.2) is 8.78 Å². The van der Waals surface area contributed by atoms with E-state index < -0.39 is 11.6 Å². The molecule has 0 heterocycles. The van der Waals surface area contributed by atoms with Gasteiger partial charge in [-0.3, -0.25) is 11.3 Å². The van der Waals surface area contributed by atoms with Crippen molar-refractivity contribution in [2.24, 2.45) is 5.84 Å². The highest BCUT2D eigenvalue weighted by atomic mass is 19.2. The van der Waals surface area contributed by atoms with Crippen molar-refractivity contribution in [1.29, 1.82) is 0 Å². The lowest BCUT2D eigenvalue weighted by Crippen LogP contribution is -2.30. The van der Waals surface area contributed by atoms with Crippen LogP contribution in [-0.2, 0) is 6.42 Å². The van der Waals surface area contributed by atoms with Crippen molar-refractivity contribution in [3.8, 4) is 5.75 Å². The van der Waals surface area contributed by atoms with Crippen molar-refractivity contribution in [2.45, 2.75) is 19.4 Å². The highest BCUT2D eigenvalue weighted by Crippen LogP contribution is 2.29. The summed E-state index contributed by atoms with van der Waals surface area (Å²) >= 11 is 0. The van der Waals surface area contributed by atoms with Crippen LogP contribution in [0.2, 0.25) is 0 Å². The quantitative estimate of drug-likeness (QED) is 0.658. The van der Waals surface area contributed by atoms with Crippen molar-refractivity contribution in [1.82, 2.24) is 5.43 Å². The number of halogens is 2. The smallest absolute Gasteiger partial charge is 0.162 e. The van der Waals surface area contributed by atoms with Gasteiger partial charge in [0.2, 0.25) is 0 Å². The molecule has 0 saturated carbocycles. The minimum absolute atomic E-state index is 0.222. The largest absolute Gasteiger partial charge is 0.496 e. The molecule has 0 aliphatic carbocycles. The second-order valence-corrected chi connectivity index (χ2v) is 4.88. The molecule has 2 aromatic rings. The first-order chi connectivity index (χ1) is 10.1. The number of ether oxygens (including phenoxy) is 1. The van der Waals surface area contributed by atoms with E-state index in [-0.39, 0.29) is 18.0 Å². The Kier molecular flexibility index (Phi) is 4.88. The molecule has 0 bridgehead atoms. The number of hydrogen-bond acceptors (Lipinski definition) is 3. The molecule has 3 nitrogen and oxygen atoms in total. The van der Waals surface area contributed by atoms with E-state index in [4.69, 9.17) is 10.6 Å². The number of nitrogens with two attached hydrogens (primary N) is 1. The zero-order chi connectivity index (χ0) is 15.4. The molecule has 5 heteroatoms. The lowest BCUT2D eigenvalue weighted by Gasteiger charge is -2.20. The Morgan fingerprint density at radius 1 is 1.24 bits per heavy atom. The van der Waals surface area contributed by atoms with Gasteiger partial charge in [-0.1, -0.05) is 29.8 Å². The van der Waals surface area contributed by atoms with Crippen molar-refractivity contribution in [2.75, 3.05) is 7.11 Å². The molecule has 0 spiro atoms. The summed E-state index contributed by atoms with van der Waals surface area (Å²) in [5.74, 6) is 4.54. The maximum absolute atomic E-state index is 13.8. The van der Waals surface area contributed by atoms with Crippen LogP contribution in [0, 0.1) is 18.6 Å². The zero-order valence-electron chi connectivity index (χ0n) is 12.0. The molecule has 0 amide bonds. The molecule has 0 aliphatic rings. The molecule has 21 heavy (non-hydrogen) atoms. The maximum Gasteiger partial charge on any atom is 0.162 e. The topological polar surface area (TPSA) is 47.3 Å². The van der Waals surface area contributed by atoms with E-state index >= 15 is 0 Å². The molecule has 2 rings (SSSR count). The van der Waals surface area contributed by atoms with Crippen molar-refractivity contribution in [3.05, 3.63) is 64.7 Å². The average Bonchev–Trinajstić information content (AvgIpc) is 2.49. The van der Waals surface area contributed by atoms with Gasteiger partial charge in [0, 0.05) is 5.56 Å². The Labute approximate surface area is 122 Å². The van der Waals surface area contributed by atoms with E-state index in [0.29, 0.717) is 5.75 Å². The fourth-order valence-corrected chi connectivity index (χ4v) is 2.31. The number of hydrogen-bond donors (Lipinski definition) is 2. The molecule has 112 valence electrons. The van der Waals surface area contributed by atoms with Crippen LogP contribution < -0.4 is 16.0 Å². The summed E-state index contributed by atoms with van der Waals surface area (Å²) in [7, 11) is 1.56. The summed E-state index contributed by atoms with van der Waals surface area (Å²) in [4.78, 5) is 0. The molecule has 1 atom stereocenters. The fraction of sp³-hybridized carbons (Fsp3) is 0.250. The summed E-state index contributed by atoms with van der Waals surface area (Å²) in [6.07, 6.45) is 0.222. The maximum atomic E-state index is 13.8. The monoisotopic (exact) mass is 292 g/mol. The summed E-state index contributed by atoms with van der Waals surface area (Å²) in [5.41, 5.74) is 4.75. The van der Waals surface area contributed by atoms with Gasteiger partial charge in [-0.2, -0.15) is 0 Å². The van der Waals surface area contributed by atoms with Crippen molar-refractivity contribution >= 4 is 0 Å². The lowest BCUT2D eigenvalue weighted by atomic mass is 9.96. The second-order valence-electron chi connectivity index (χ2n) is 4.88. The summed E-state index contributed by atoms with van der Waals surface area (Å²) < 4.78 is 32.4. The second kappa shape index (κ2) is 6.65. The zero-order valence-corrected chi connectivity index (χ0v) is 12.0. The molecule has 2 aromatic carbocycles. The number of methoxy groups -OCH3 is 1. The lowest BCUT2D eigenvalue weighted by molar-refractivity contribution is 0.397. The van der Waals surface area contributed by atoms with Crippen LogP contribution in [-0.4, -0.2) is 7.11 Å². The average molecular weight is 292 g/mol. The highest BCUT2D eigenvalue weighted by molar-refractivity contribution is 5.40. The Morgan fingerprint density at radius 2 is 2.00 bits per heavy atom. The van der Waals surface area contributed by atoms with Gasteiger partial charge in [0.15, 0.2) is 11.6 Å². The SMILES string of the molecule is COc1ccc(C)cc1C(Cc1cccc(F)c1F)NN. The predicted octanol–water partition coefficient (Wildman–Crippen LogP) is 3.03. The minimum Gasteiger partial charge on any atom is -0.496 e. The van der Waals surface area contributed by atoms with Gasteiger partial charge in [-0.05, 0) is 31.0 Å². The van der Waals surface area contributed by atoms with Gasteiger partial charge in [0.1, 0.15) is 5.75 Å². The summed E-state index contributed by atoms with van der Waals surface area (Å²) in [5, 5.41) is 0. The highest BCUT2D eigenvalue weighted by Gasteiger charge is 2.18. The van der Waals surface area contributed by atoms with Crippen LogP contribution in [0.1, 0.15) is 22.7 Å². The fourth-order valence-electron chi connectivity index (χ4n) is 2.31. The van der Waals surface area contributed by atoms with Crippen LogP contribution >= 0.6 is 0 Å². The Hall–Kier alpha value is -1.98. The van der Waals surface area contributed by atoms with Gasteiger partial charge >= 0.3 is 0 Å². The van der Waals surface area contributed by atoms with Crippen LogP contribution in [0.3, 0.4) is 0 Å². The van der Waals surface area contributed by atoms with Crippen LogP contribution in [0.15, 0.2) is 36.4 Å². The molecule has 0 aliphatic heterocycles. The van der Waals surface area contributed by atoms with E-state index in [9.17, 15) is 8.78 Å². The molecule has 0 radical (unpaired) electrons. The van der Waals surface area contributed by atoms with Crippen LogP contribution in [0.4, 0.5) is 8.78 Å². The van der Waals surface area contributed by atoms with Gasteiger partial charge in [0.05, 0.1) is 13.2 Å². The Balaban J connectivity index is 2.36. The van der Waals surface area contributed by atoms with Gasteiger partial charge < -0.3 is 4.74 Å². The van der Waals surface area contributed by atoms with Gasteiger partial charge in [0.25, 0.3) is 0 Å². The minimum atomic E-state index is -0.862. The Bertz CT molecular complexity index is 632. The van der Waals surface area contributed by atoms with Crippen molar-refractivity contribution in [3.63, 3.8) is 0 Å². The normalized spacial score (nSPS) is 12.2. The van der Waals surface area contributed by atoms with E-state index in [1.807, 2.05) is 25.1 Å². The molecular formula is C16H18F2N2O. The molecule has 0 saturated heterocycles. The van der Waals surface area contributed by atoms with E-state index in [1.54, 1.807) is 13.2 Å². The molecule has 3 N–H and O–H groups in total. The van der Waals surface area contributed by atoms with Crippen molar-refractivity contribution < 1.29 is 13.5 Å². The third kappa shape index (κ3) is 3.37. The molecule has 1 unspecified atom stereocenters. The van der Waals surface area contributed by atoms with Crippen LogP contribution in [0.25, 0.3) is 0 Å². The summed E-state index contributed by atoms with van der Waals surface area (Å²) in [6, 6.07) is 9.41. The first kappa shape index (κ1) is 15.4. The Morgan fingerprint density at radius 3 is 2.67 bits per heavy atom. The van der Waals surface area contributed by atoms with Gasteiger partial charge in [-0.15, -0.1) is 0 Å². The number of rotatable bonds is 5. The van der Waals surface area contributed by atoms with E-state index in [0.717, 1.165) is 17.2 Å². The third-order valence-corrected chi connectivity index (χ3v) is 3.42. The van der Waals surface area contributed by atoms with E-state index in [2.05, 4.69) is 5.43 Å². The first-order valence-electron chi connectivity index (χ1n) is 6.60. The number of hydrazine groups is 1. The standard InChI is InChI=1S/C16H18F2N2O/c1-10-6-7-15(21-2)12(8-10)14(20-19)9-11-4-3-5-13(17)16(11)18/h3-8,14,20H,9,19H2,1-2H3. The molecule has 0 fully saturated rings. The molecule has 0 aromatic heterocycles. The number of benzene rings is 2. The van der Waals surface area contributed by atoms with E-state index in [1.165, 1.54) is 6.07 Å².